The average molecular weight is 370 g/mol. The Morgan fingerprint density at radius 1 is 1.22 bits per heavy atom. The Kier molecular flexibility index (Phi) is 5.50. The van der Waals surface area contributed by atoms with Crippen LogP contribution in [0.15, 0.2) is 42.6 Å². The van der Waals surface area contributed by atoms with E-state index in [0.717, 1.165) is 17.7 Å². The summed E-state index contributed by atoms with van der Waals surface area (Å²) >= 11 is 0. The first-order valence-corrected chi connectivity index (χ1v) is 9.05. The standard InChI is InChI=1S/C20H22N2O5/c23-20(10-14-4-5-18-19(9-14)27-13-26-18)22-16-12-24-8-6-17(16)25-11-15-3-1-2-7-21-15/h1-5,7,9,16-17H,6,8,10-13H2,(H,22,23). The van der Waals surface area contributed by atoms with Crippen LogP contribution < -0.4 is 14.8 Å². The maximum absolute atomic E-state index is 12.5. The molecule has 1 amide bonds. The third-order valence-corrected chi connectivity index (χ3v) is 4.61. The van der Waals surface area contributed by atoms with Crippen molar-refractivity contribution in [2.24, 2.45) is 0 Å². The van der Waals surface area contributed by atoms with E-state index in [2.05, 4.69) is 10.3 Å². The minimum absolute atomic E-state index is 0.0733. The molecule has 1 fully saturated rings. The van der Waals surface area contributed by atoms with Crippen LogP contribution in [-0.2, 0) is 27.3 Å². The molecule has 0 aliphatic carbocycles. The van der Waals surface area contributed by atoms with Gasteiger partial charge in [0.15, 0.2) is 11.5 Å². The number of rotatable bonds is 6. The smallest absolute Gasteiger partial charge is 0.231 e. The minimum Gasteiger partial charge on any atom is -0.454 e. The zero-order valence-corrected chi connectivity index (χ0v) is 14.9. The number of benzene rings is 1. The third-order valence-electron chi connectivity index (χ3n) is 4.61. The van der Waals surface area contributed by atoms with Gasteiger partial charge in [0.05, 0.1) is 37.5 Å². The van der Waals surface area contributed by atoms with Gasteiger partial charge in [0.1, 0.15) is 0 Å². The Balaban J connectivity index is 1.32. The fourth-order valence-corrected chi connectivity index (χ4v) is 3.22. The van der Waals surface area contributed by atoms with E-state index in [9.17, 15) is 4.79 Å². The molecule has 3 heterocycles. The van der Waals surface area contributed by atoms with Crippen molar-refractivity contribution in [3.63, 3.8) is 0 Å². The van der Waals surface area contributed by atoms with Gasteiger partial charge in [-0.2, -0.15) is 0 Å². The van der Waals surface area contributed by atoms with Crippen molar-refractivity contribution in [2.45, 2.75) is 31.6 Å². The number of nitrogens with zero attached hydrogens (tertiary/aromatic N) is 1. The van der Waals surface area contributed by atoms with Gasteiger partial charge in [-0.3, -0.25) is 9.78 Å². The largest absolute Gasteiger partial charge is 0.454 e. The zero-order chi connectivity index (χ0) is 18.5. The van der Waals surface area contributed by atoms with Gasteiger partial charge in [0, 0.05) is 12.8 Å². The van der Waals surface area contributed by atoms with E-state index in [4.69, 9.17) is 18.9 Å². The van der Waals surface area contributed by atoms with E-state index in [1.165, 1.54) is 0 Å². The van der Waals surface area contributed by atoms with Crippen LogP contribution in [0.1, 0.15) is 17.7 Å². The average Bonchev–Trinajstić information content (AvgIpc) is 3.16. The Bertz CT molecular complexity index is 783. The van der Waals surface area contributed by atoms with Crippen LogP contribution in [0.4, 0.5) is 0 Å². The second kappa shape index (κ2) is 8.37. The number of ether oxygens (including phenoxy) is 4. The minimum atomic E-state index is -0.177. The van der Waals surface area contributed by atoms with Crippen molar-refractivity contribution in [2.75, 3.05) is 20.0 Å². The summed E-state index contributed by atoms with van der Waals surface area (Å²) in [4.78, 5) is 16.8. The van der Waals surface area contributed by atoms with E-state index in [-0.39, 0.29) is 31.3 Å². The van der Waals surface area contributed by atoms with E-state index in [1.807, 2.05) is 36.4 Å². The Hall–Kier alpha value is -2.64. The van der Waals surface area contributed by atoms with Crippen LogP contribution in [0.2, 0.25) is 0 Å². The molecule has 2 unspecified atom stereocenters. The van der Waals surface area contributed by atoms with E-state index in [1.54, 1.807) is 6.20 Å². The molecule has 142 valence electrons. The number of carbonyl (C=O) groups is 1. The predicted molar refractivity (Wildman–Crippen MR) is 96.4 cm³/mol. The van der Waals surface area contributed by atoms with Crippen LogP contribution in [0, 0.1) is 0 Å². The molecule has 4 rings (SSSR count). The maximum atomic E-state index is 12.5. The third kappa shape index (κ3) is 4.56. The second-order valence-corrected chi connectivity index (χ2v) is 6.57. The predicted octanol–water partition coefficient (Wildman–Crippen LogP) is 1.84. The molecule has 7 nitrogen and oxygen atoms in total. The molecule has 7 heteroatoms. The van der Waals surface area contributed by atoms with Gasteiger partial charge in [-0.1, -0.05) is 12.1 Å². The number of nitrogens with one attached hydrogen (secondary N) is 1. The van der Waals surface area contributed by atoms with Crippen LogP contribution >= 0.6 is 0 Å². The van der Waals surface area contributed by atoms with Gasteiger partial charge < -0.3 is 24.3 Å². The number of amides is 1. The molecule has 1 saturated heterocycles. The number of aromatic nitrogens is 1. The number of hydrogen-bond acceptors (Lipinski definition) is 6. The van der Waals surface area contributed by atoms with Crippen LogP contribution in [-0.4, -0.2) is 43.0 Å². The number of fused-ring (bicyclic) bond motifs is 1. The second-order valence-electron chi connectivity index (χ2n) is 6.57. The van der Waals surface area contributed by atoms with Gasteiger partial charge in [-0.25, -0.2) is 0 Å². The summed E-state index contributed by atoms with van der Waals surface area (Å²) in [5.41, 5.74) is 1.74. The summed E-state index contributed by atoms with van der Waals surface area (Å²) in [6, 6.07) is 11.1. The van der Waals surface area contributed by atoms with Crippen molar-refractivity contribution in [3.05, 3.63) is 53.9 Å². The highest BCUT2D eigenvalue weighted by atomic mass is 16.7. The molecule has 1 aromatic heterocycles. The highest BCUT2D eigenvalue weighted by Gasteiger charge is 2.28. The first-order valence-electron chi connectivity index (χ1n) is 9.05. The molecule has 0 bridgehead atoms. The summed E-state index contributed by atoms with van der Waals surface area (Å²) in [6.07, 6.45) is 2.65. The Labute approximate surface area is 157 Å². The first-order chi connectivity index (χ1) is 13.3. The van der Waals surface area contributed by atoms with Gasteiger partial charge in [0.25, 0.3) is 0 Å². The Morgan fingerprint density at radius 3 is 3.04 bits per heavy atom. The van der Waals surface area contributed by atoms with Crippen molar-refractivity contribution < 1.29 is 23.7 Å². The van der Waals surface area contributed by atoms with Crippen molar-refractivity contribution >= 4 is 5.91 Å². The maximum Gasteiger partial charge on any atom is 0.231 e. The summed E-state index contributed by atoms with van der Waals surface area (Å²) in [6.45, 7) is 1.71. The molecule has 2 aliphatic rings. The molecule has 1 aromatic carbocycles. The topological polar surface area (TPSA) is 78.9 Å². The summed E-state index contributed by atoms with van der Waals surface area (Å²) in [7, 11) is 0. The molecule has 1 N–H and O–H groups in total. The van der Waals surface area contributed by atoms with Crippen LogP contribution in [0.3, 0.4) is 0 Å². The van der Waals surface area contributed by atoms with Crippen LogP contribution in [0.5, 0.6) is 11.5 Å². The lowest BCUT2D eigenvalue weighted by Gasteiger charge is -2.32. The van der Waals surface area contributed by atoms with Gasteiger partial charge in [-0.05, 0) is 36.2 Å². The van der Waals surface area contributed by atoms with Gasteiger partial charge in [0.2, 0.25) is 12.7 Å². The van der Waals surface area contributed by atoms with Crippen LogP contribution in [0.25, 0.3) is 0 Å². The molecule has 2 aromatic rings. The quantitative estimate of drug-likeness (QED) is 0.836. The lowest BCUT2D eigenvalue weighted by Crippen LogP contribution is -2.50. The molecule has 0 spiro atoms. The fraction of sp³-hybridized carbons (Fsp3) is 0.400. The van der Waals surface area contributed by atoms with Gasteiger partial charge in [-0.15, -0.1) is 0 Å². The van der Waals surface area contributed by atoms with Gasteiger partial charge >= 0.3 is 0 Å². The van der Waals surface area contributed by atoms with E-state index in [0.29, 0.717) is 31.3 Å². The zero-order valence-electron chi connectivity index (χ0n) is 14.9. The monoisotopic (exact) mass is 370 g/mol. The summed E-state index contributed by atoms with van der Waals surface area (Å²) < 4.78 is 22.2. The molecule has 27 heavy (non-hydrogen) atoms. The molecule has 0 radical (unpaired) electrons. The van der Waals surface area contributed by atoms with Crippen molar-refractivity contribution in [1.82, 2.24) is 10.3 Å². The number of hydrogen-bond donors (Lipinski definition) is 1. The number of pyridine rings is 1. The molecule has 0 saturated carbocycles. The lowest BCUT2D eigenvalue weighted by molar-refractivity contribution is -0.125. The first kappa shape index (κ1) is 17.8. The summed E-state index contributed by atoms with van der Waals surface area (Å²) in [5.74, 6) is 1.32. The van der Waals surface area contributed by atoms with Crippen molar-refractivity contribution in [1.29, 1.82) is 0 Å². The van der Waals surface area contributed by atoms with Crippen molar-refractivity contribution in [3.8, 4) is 11.5 Å². The normalized spacial score (nSPS) is 21.0. The highest BCUT2D eigenvalue weighted by Crippen LogP contribution is 2.32. The molecule has 2 aliphatic heterocycles. The fourth-order valence-electron chi connectivity index (χ4n) is 3.22. The molecular formula is C20H22N2O5. The molecular weight excluding hydrogens is 348 g/mol. The highest BCUT2D eigenvalue weighted by molar-refractivity contribution is 5.79. The number of carbonyl (C=O) groups excluding carboxylic acids is 1. The molecule has 2 atom stereocenters. The summed E-state index contributed by atoms with van der Waals surface area (Å²) in [5, 5.41) is 3.04. The van der Waals surface area contributed by atoms with E-state index >= 15 is 0 Å². The Morgan fingerprint density at radius 2 is 2.15 bits per heavy atom. The van der Waals surface area contributed by atoms with E-state index < -0.39 is 0 Å². The SMILES string of the molecule is O=C(Cc1ccc2c(c1)OCO2)NC1COCCC1OCc1ccccn1. The lowest BCUT2D eigenvalue weighted by atomic mass is 10.1.